The van der Waals surface area contributed by atoms with E-state index in [2.05, 4.69) is 0 Å². The Morgan fingerprint density at radius 1 is 1.33 bits per heavy atom. The van der Waals surface area contributed by atoms with Gasteiger partial charge in [-0.15, -0.1) is 0 Å². The Labute approximate surface area is 108 Å². The molecule has 0 unspecified atom stereocenters. The lowest BCUT2D eigenvalue weighted by atomic mass is 10.1. The maximum Gasteiger partial charge on any atom is 0.236 e. The van der Waals surface area contributed by atoms with Crippen LogP contribution < -0.4 is 5.73 Å². The molecule has 0 aromatic carbocycles. The second-order valence-electron chi connectivity index (χ2n) is 4.95. The summed E-state index contributed by atoms with van der Waals surface area (Å²) in [6, 6.07) is 4.09. The van der Waals surface area contributed by atoms with Crippen molar-refractivity contribution in [2.24, 2.45) is 5.73 Å². The zero-order valence-corrected chi connectivity index (χ0v) is 10.8. The molecule has 1 fully saturated rings. The fourth-order valence-electron chi connectivity index (χ4n) is 2.68. The molecule has 0 saturated heterocycles. The molecule has 1 aliphatic carbocycles. The van der Waals surface area contributed by atoms with E-state index in [0.717, 1.165) is 18.6 Å². The van der Waals surface area contributed by atoms with Gasteiger partial charge in [-0.2, -0.15) is 0 Å². The molecule has 1 amide bonds. The minimum atomic E-state index is 0.0262. The number of furan rings is 1. The zero-order valence-electron chi connectivity index (χ0n) is 10.8. The van der Waals surface area contributed by atoms with Gasteiger partial charge < -0.3 is 15.1 Å². The Bertz CT molecular complexity index is 354. The first-order chi connectivity index (χ1) is 8.81. The van der Waals surface area contributed by atoms with Gasteiger partial charge in [0.05, 0.1) is 19.4 Å². The normalized spacial score (nSPS) is 17.4. The van der Waals surface area contributed by atoms with Crippen LogP contribution in [0.1, 0.15) is 44.3 Å². The van der Waals surface area contributed by atoms with Gasteiger partial charge in [0.1, 0.15) is 5.76 Å². The molecule has 0 bridgehead atoms. The molecular weight excluding hydrogens is 228 g/mol. The van der Waals surface area contributed by atoms with Gasteiger partial charge in [0.25, 0.3) is 0 Å². The molecule has 0 radical (unpaired) electrons. The van der Waals surface area contributed by atoms with Gasteiger partial charge in [0.2, 0.25) is 5.91 Å². The lowest BCUT2D eigenvalue weighted by molar-refractivity contribution is -0.133. The van der Waals surface area contributed by atoms with E-state index in [1.807, 2.05) is 17.0 Å². The van der Waals surface area contributed by atoms with Crippen LogP contribution in [0.3, 0.4) is 0 Å². The number of rotatable bonds is 4. The van der Waals surface area contributed by atoms with Crippen LogP contribution in [-0.2, 0) is 11.3 Å². The van der Waals surface area contributed by atoms with Crippen LogP contribution in [0.4, 0.5) is 0 Å². The van der Waals surface area contributed by atoms with Crippen LogP contribution in [0, 0.1) is 0 Å². The fourth-order valence-corrected chi connectivity index (χ4v) is 2.68. The Hall–Kier alpha value is -1.29. The van der Waals surface area contributed by atoms with Crippen LogP contribution in [0.5, 0.6) is 0 Å². The Balaban J connectivity index is 2.05. The lowest BCUT2D eigenvalue weighted by Crippen LogP contribution is -2.42. The lowest BCUT2D eigenvalue weighted by Gasteiger charge is -2.30. The quantitative estimate of drug-likeness (QED) is 0.834. The molecule has 1 aromatic heterocycles. The molecule has 4 heteroatoms. The average molecular weight is 250 g/mol. The summed E-state index contributed by atoms with van der Waals surface area (Å²) in [6.07, 6.45) is 8.80. The summed E-state index contributed by atoms with van der Waals surface area (Å²) in [4.78, 5) is 13.9. The molecule has 1 saturated carbocycles. The molecule has 18 heavy (non-hydrogen) atoms. The van der Waals surface area contributed by atoms with Crippen LogP contribution in [0.2, 0.25) is 0 Å². The van der Waals surface area contributed by atoms with Gasteiger partial charge in [-0.05, 0) is 25.0 Å². The van der Waals surface area contributed by atoms with Gasteiger partial charge in [-0.25, -0.2) is 0 Å². The molecule has 0 spiro atoms. The number of nitrogens with two attached hydrogens (primary N) is 1. The first-order valence-electron chi connectivity index (χ1n) is 6.83. The highest BCUT2D eigenvalue weighted by Gasteiger charge is 2.24. The van der Waals surface area contributed by atoms with E-state index in [0.29, 0.717) is 12.6 Å². The van der Waals surface area contributed by atoms with Crippen LogP contribution >= 0.6 is 0 Å². The van der Waals surface area contributed by atoms with E-state index < -0.39 is 0 Å². The SMILES string of the molecule is NCC(=O)N(Cc1ccco1)C1CCCCCC1. The first-order valence-corrected chi connectivity index (χ1v) is 6.83. The number of hydrogen-bond donors (Lipinski definition) is 1. The van der Waals surface area contributed by atoms with Crippen molar-refractivity contribution in [1.29, 1.82) is 0 Å². The summed E-state index contributed by atoms with van der Waals surface area (Å²) in [6.45, 7) is 0.630. The molecule has 0 atom stereocenters. The van der Waals surface area contributed by atoms with E-state index in [1.165, 1.54) is 25.7 Å². The van der Waals surface area contributed by atoms with Crippen molar-refractivity contribution in [3.05, 3.63) is 24.2 Å². The summed E-state index contributed by atoms with van der Waals surface area (Å²) >= 11 is 0. The molecule has 2 N–H and O–H groups in total. The molecule has 0 aliphatic heterocycles. The number of nitrogens with zero attached hydrogens (tertiary/aromatic N) is 1. The van der Waals surface area contributed by atoms with Crippen molar-refractivity contribution in [1.82, 2.24) is 4.90 Å². The topological polar surface area (TPSA) is 59.5 Å². The number of amides is 1. The summed E-state index contributed by atoms with van der Waals surface area (Å²) in [5.74, 6) is 0.861. The van der Waals surface area contributed by atoms with Crippen LogP contribution in [0.15, 0.2) is 22.8 Å². The van der Waals surface area contributed by atoms with Crippen molar-refractivity contribution in [2.45, 2.75) is 51.1 Å². The van der Waals surface area contributed by atoms with Crippen molar-refractivity contribution < 1.29 is 9.21 Å². The molecular formula is C14H22N2O2. The third-order valence-electron chi connectivity index (χ3n) is 3.67. The smallest absolute Gasteiger partial charge is 0.236 e. The van der Waals surface area contributed by atoms with Crippen molar-refractivity contribution in [3.8, 4) is 0 Å². The molecule has 1 aliphatic rings. The third-order valence-corrected chi connectivity index (χ3v) is 3.67. The highest BCUT2D eigenvalue weighted by molar-refractivity contribution is 5.78. The Kier molecular flexibility index (Phi) is 4.81. The molecule has 4 nitrogen and oxygen atoms in total. The zero-order chi connectivity index (χ0) is 12.8. The van der Waals surface area contributed by atoms with Crippen LogP contribution in [0.25, 0.3) is 0 Å². The maximum absolute atomic E-state index is 12.0. The minimum Gasteiger partial charge on any atom is -0.467 e. The van der Waals surface area contributed by atoms with Crippen molar-refractivity contribution in [2.75, 3.05) is 6.54 Å². The molecule has 1 heterocycles. The maximum atomic E-state index is 12.0. The summed E-state index contributed by atoms with van der Waals surface area (Å²) < 4.78 is 5.35. The van der Waals surface area contributed by atoms with Gasteiger partial charge in [0.15, 0.2) is 0 Å². The van der Waals surface area contributed by atoms with Gasteiger partial charge in [-0.3, -0.25) is 4.79 Å². The van der Waals surface area contributed by atoms with Crippen LogP contribution in [-0.4, -0.2) is 23.4 Å². The summed E-state index contributed by atoms with van der Waals surface area (Å²) in [5.41, 5.74) is 5.53. The van der Waals surface area contributed by atoms with Gasteiger partial charge >= 0.3 is 0 Å². The van der Waals surface area contributed by atoms with Gasteiger partial charge in [0, 0.05) is 6.04 Å². The van der Waals surface area contributed by atoms with Gasteiger partial charge in [-0.1, -0.05) is 25.7 Å². The Morgan fingerprint density at radius 3 is 2.61 bits per heavy atom. The number of carbonyl (C=O) groups excluding carboxylic acids is 1. The second kappa shape index (κ2) is 6.59. The molecule has 1 aromatic rings. The largest absolute Gasteiger partial charge is 0.467 e. The average Bonchev–Trinajstić information content (AvgIpc) is 2.76. The third kappa shape index (κ3) is 3.35. The van der Waals surface area contributed by atoms with Crippen molar-refractivity contribution >= 4 is 5.91 Å². The number of hydrogen-bond acceptors (Lipinski definition) is 3. The summed E-state index contributed by atoms with van der Waals surface area (Å²) in [7, 11) is 0. The van der Waals surface area contributed by atoms with E-state index in [1.54, 1.807) is 6.26 Å². The number of carbonyl (C=O) groups is 1. The van der Waals surface area contributed by atoms with E-state index in [9.17, 15) is 4.79 Å². The monoisotopic (exact) mass is 250 g/mol. The second-order valence-corrected chi connectivity index (χ2v) is 4.95. The van der Waals surface area contributed by atoms with E-state index in [4.69, 9.17) is 10.2 Å². The van der Waals surface area contributed by atoms with E-state index >= 15 is 0 Å². The predicted octanol–water partition coefficient (Wildman–Crippen LogP) is 2.29. The highest BCUT2D eigenvalue weighted by Crippen LogP contribution is 2.23. The first kappa shape index (κ1) is 13.1. The summed E-state index contributed by atoms with van der Waals surface area (Å²) in [5, 5.41) is 0. The molecule has 2 rings (SSSR count). The van der Waals surface area contributed by atoms with E-state index in [-0.39, 0.29) is 12.5 Å². The predicted molar refractivity (Wildman–Crippen MR) is 69.8 cm³/mol. The standard InChI is InChI=1S/C14H22N2O2/c15-10-14(17)16(11-13-8-5-9-18-13)12-6-3-1-2-4-7-12/h5,8-9,12H,1-4,6-7,10-11,15H2. The molecule has 100 valence electrons. The van der Waals surface area contributed by atoms with Crippen molar-refractivity contribution in [3.63, 3.8) is 0 Å². The Morgan fingerprint density at radius 2 is 2.06 bits per heavy atom. The minimum absolute atomic E-state index is 0.0262. The highest BCUT2D eigenvalue weighted by atomic mass is 16.3. The fraction of sp³-hybridized carbons (Fsp3) is 0.643.